The minimum Gasteiger partial charge on any atom is -0.508 e. The lowest BCUT2D eigenvalue weighted by atomic mass is 10.2. The van der Waals surface area contributed by atoms with Crippen LogP contribution < -0.4 is 10.5 Å². The van der Waals surface area contributed by atoms with Gasteiger partial charge in [-0.15, -0.1) is 0 Å². The first-order valence-corrected chi connectivity index (χ1v) is 6.35. The summed E-state index contributed by atoms with van der Waals surface area (Å²) < 4.78 is 5.67. The Morgan fingerprint density at radius 2 is 1.89 bits per heavy atom. The van der Waals surface area contributed by atoms with E-state index in [9.17, 15) is 5.11 Å². The van der Waals surface area contributed by atoms with E-state index in [0.29, 0.717) is 22.9 Å². The molecule has 3 N–H and O–H groups in total. The molecular weight excluding hydrogens is 282 g/mol. The molecule has 0 heterocycles. The fourth-order valence-corrected chi connectivity index (χ4v) is 1.90. The van der Waals surface area contributed by atoms with Crippen molar-refractivity contribution in [2.24, 2.45) is 5.73 Å². The van der Waals surface area contributed by atoms with Crippen molar-refractivity contribution in [3.8, 4) is 11.5 Å². The van der Waals surface area contributed by atoms with E-state index in [2.05, 4.69) is 0 Å². The number of phenols is 1. The number of aromatic hydroxyl groups is 1. The van der Waals surface area contributed by atoms with E-state index < -0.39 is 0 Å². The maximum atomic E-state index is 9.20. The number of phenolic OH excluding ortho intramolecular Hbond substituents is 1. The maximum absolute atomic E-state index is 9.20. The fourth-order valence-electron chi connectivity index (χ4n) is 1.57. The van der Waals surface area contributed by atoms with Crippen LogP contribution in [-0.2, 0) is 6.61 Å². The number of ether oxygens (including phenoxy) is 1. The molecule has 2 aromatic rings. The van der Waals surface area contributed by atoms with Gasteiger partial charge in [0.05, 0.1) is 5.56 Å². The summed E-state index contributed by atoms with van der Waals surface area (Å²) in [5.74, 6) is 0.767. The van der Waals surface area contributed by atoms with Gasteiger partial charge in [0.15, 0.2) is 0 Å². The highest BCUT2D eigenvalue weighted by Crippen LogP contribution is 2.24. The van der Waals surface area contributed by atoms with E-state index in [1.54, 1.807) is 42.5 Å². The molecule has 0 atom stereocenters. The molecule has 0 aliphatic rings. The Hall–Kier alpha value is -1.78. The van der Waals surface area contributed by atoms with Gasteiger partial charge in [-0.1, -0.05) is 36.0 Å². The molecular formula is C14H12ClNO2S. The van der Waals surface area contributed by atoms with Crippen molar-refractivity contribution in [2.75, 3.05) is 0 Å². The minimum absolute atomic E-state index is 0.218. The van der Waals surface area contributed by atoms with Gasteiger partial charge in [-0.2, -0.15) is 0 Å². The molecule has 0 radical (unpaired) electrons. The molecule has 0 bridgehead atoms. The Labute approximate surface area is 121 Å². The molecule has 0 saturated heterocycles. The zero-order chi connectivity index (χ0) is 13.8. The summed E-state index contributed by atoms with van der Waals surface area (Å²) in [6, 6.07) is 11.9. The molecule has 0 aliphatic heterocycles. The Morgan fingerprint density at radius 1 is 1.21 bits per heavy atom. The zero-order valence-corrected chi connectivity index (χ0v) is 11.5. The van der Waals surface area contributed by atoms with Gasteiger partial charge in [0.25, 0.3) is 0 Å². The van der Waals surface area contributed by atoms with Crippen LogP contribution in [0.4, 0.5) is 0 Å². The second kappa shape index (κ2) is 5.91. The van der Waals surface area contributed by atoms with Gasteiger partial charge >= 0.3 is 0 Å². The molecule has 5 heteroatoms. The van der Waals surface area contributed by atoms with E-state index in [0.717, 1.165) is 5.56 Å². The molecule has 3 nitrogen and oxygen atoms in total. The van der Waals surface area contributed by atoms with Crippen molar-refractivity contribution in [1.29, 1.82) is 0 Å². The molecule has 2 rings (SSSR count). The van der Waals surface area contributed by atoms with Crippen molar-refractivity contribution in [3.63, 3.8) is 0 Å². The van der Waals surface area contributed by atoms with E-state index in [-0.39, 0.29) is 10.7 Å². The van der Waals surface area contributed by atoms with Gasteiger partial charge in [0.1, 0.15) is 23.1 Å². The highest BCUT2D eigenvalue weighted by Gasteiger charge is 2.07. The van der Waals surface area contributed by atoms with Gasteiger partial charge in [-0.3, -0.25) is 0 Å². The van der Waals surface area contributed by atoms with Gasteiger partial charge in [0, 0.05) is 5.02 Å². The van der Waals surface area contributed by atoms with Crippen molar-refractivity contribution in [1.82, 2.24) is 0 Å². The maximum Gasteiger partial charge on any atom is 0.131 e. The predicted octanol–water partition coefficient (Wildman–Crippen LogP) is 3.26. The molecule has 98 valence electrons. The average molecular weight is 294 g/mol. The highest BCUT2D eigenvalue weighted by molar-refractivity contribution is 7.80. The third-order valence-corrected chi connectivity index (χ3v) is 2.99. The Balaban J connectivity index is 2.16. The van der Waals surface area contributed by atoms with Crippen LogP contribution in [0.15, 0.2) is 42.5 Å². The lowest BCUT2D eigenvalue weighted by Gasteiger charge is -2.11. The average Bonchev–Trinajstić information content (AvgIpc) is 2.38. The summed E-state index contributed by atoms with van der Waals surface area (Å²) in [6.07, 6.45) is 0. The van der Waals surface area contributed by atoms with Crippen molar-refractivity contribution >= 4 is 28.8 Å². The Bertz CT molecular complexity index is 599. The summed E-state index contributed by atoms with van der Waals surface area (Å²) in [7, 11) is 0. The first-order valence-electron chi connectivity index (χ1n) is 5.56. The smallest absolute Gasteiger partial charge is 0.131 e. The van der Waals surface area contributed by atoms with Crippen LogP contribution in [0.5, 0.6) is 11.5 Å². The molecule has 0 amide bonds. The summed E-state index contributed by atoms with van der Waals surface area (Å²) in [5.41, 5.74) is 7.20. The minimum atomic E-state index is 0.218. The number of rotatable bonds is 4. The molecule has 0 unspecified atom stereocenters. The summed E-state index contributed by atoms with van der Waals surface area (Å²) in [6.45, 7) is 0.343. The molecule has 2 aromatic carbocycles. The number of hydrogen-bond donors (Lipinski definition) is 2. The monoisotopic (exact) mass is 293 g/mol. The van der Waals surface area contributed by atoms with Crippen LogP contribution in [0.25, 0.3) is 0 Å². The SMILES string of the molecule is NC(=S)c1ccc(Cl)cc1OCc1ccc(O)cc1. The van der Waals surface area contributed by atoms with E-state index in [1.807, 2.05) is 0 Å². The van der Waals surface area contributed by atoms with E-state index >= 15 is 0 Å². The second-order valence-corrected chi connectivity index (χ2v) is 4.84. The zero-order valence-electron chi connectivity index (χ0n) is 9.97. The van der Waals surface area contributed by atoms with Gasteiger partial charge in [0.2, 0.25) is 0 Å². The number of hydrogen-bond acceptors (Lipinski definition) is 3. The number of thiocarbonyl (C=S) groups is 1. The lowest BCUT2D eigenvalue weighted by molar-refractivity contribution is 0.305. The van der Waals surface area contributed by atoms with Crippen LogP contribution >= 0.6 is 23.8 Å². The third kappa shape index (κ3) is 3.59. The third-order valence-electron chi connectivity index (χ3n) is 2.54. The largest absolute Gasteiger partial charge is 0.508 e. The summed E-state index contributed by atoms with van der Waals surface area (Å²) in [5, 5.41) is 9.76. The van der Waals surface area contributed by atoms with E-state index in [4.69, 9.17) is 34.3 Å². The molecule has 0 aromatic heterocycles. The summed E-state index contributed by atoms with van der Waals surface area (Å²) in [4.78, 5) is 0.261. The normalized spacial score (nSPS) is 10.2. The Kier molecular flexibility index (Phi) is 4.24. The van der Waals surface area contributed by atoms with Gasteiger partial charge in [-0.25, -0.2) is 0 Å². The number of nitrogens with two attached hydrogens (primary N) is 1. The quantitative estimate of drug-likeness (QED) is 0.850. The molecule has 19 heavy (non-hydrogen) atoms. The lowest BCUT2D eigenvalue weighted by Crippen LogP contribution is -2.11. The number of benzene rings is 2. The van der Waals surface area contributed by atoms with Crippen LogP contribution in [0.2, 0.25) is 5.02 Å². The molecule has 0 fully saturated rings. The first kappa shape index (κ1) is 13.6. The predicted molar refractivity (Wildman–Crippen MR) is 79.8 cm³/mol. The van der Waals surface area contributed by atoms with Gasteiger partial charge in [-0.05, 0) is 35.9 Å². The van der Waals surface area contributed by atoms with Crippen LogP contribution in [0.3, 0.4) is 0 Å². The Morgan fingerprint density at radius 3 is 2.53 bits per heavy atom. The van der Waals surface area contributed by atoms with E-state index in [1.165, 1.54) is 0 Å². The standard InChI is InChI=1S/C14H12ClNO2S/c15-10-3-6-12(14(16)19)13(7-10)18-8-9-1-4-11(17)5-2-9/h1-7,17H,8H2,(H2,16,19). The number of halogens is 1. The highest BCUT2D eigenvalue weighted by atomic mass is 35.5. The fraction of sp³-hybridized carbons (Fsp3) is 0.0714. The topological polar surface area (TPSA) is 55.5 Å². The first-order chi connectivity index (χ1) is 9.06. The van der Waals surface area contributed by atoms with Crippen LogP contribution in [-0.4, -0.2) is 10.1 Å². The van der Waals surface area contributed by atoms with Crippen molar-refractivity contribution in [2.45, 2.75) is 6.61 Å². The molecule has 0 aliphatic carbocycles. The molecule has 0 saturated carbocycles. The van der Waals surface area contributed by atoms with Gasteiger partial charge < -0.3 is 15.6 Å². The van der Waals surface area contributed by atoms with Crippen LogP contribution in [0, 0.1) is 0 Å². The summed E-state index contributed by atoms with van der Waals surface area (Å²) >= 11 is 10.9. The second-order valence-electron chi connectivity index (χ2n) is 3.96. The molecule has 0 spiro atoms. The van der Waals surface area contributed by atoms with Crippen LogP contribution in [0.1, 0.15) is 11.1 Å². The van der Waals surface area contributed by atoms with Crippen molar-refractivity contribution < 1.29 is 9.84 Å². The van der Waals surface area contributed by atoms with Crippen molar-refractivity contribution in [3.05, 3.63) is 58.6 Å².